The normalized spacial score (nSPS) is 10.5. The lowest BCUT2D eigenvalue weighted by atomic mass is 10.9. The predicted molar refractivity (Wildman–Crippen MR) is 50.4 cm³/mol. The third-order valence-electron chi connectivity index (χ3n) is 1.17. The summed E-state index contributed by atoms with van der Waals surface area (Å²) in [5.41, 5.74) is 0. The first kappa shape index (κ1) is 9.23. The van der Waals surface area contributed by atoms with E-state index >= 15 is 0 Å². The monoisotopic (exact) mass is 210 g/mol. The standard InChI is InChI=1S/C6H8Cl2N2S/c1-2-11-4-10-3-9-5(7)6(10)8/h3H,2,4H2,1H3. The van der Waals surface area contributed by atoms with Gasteiger partial charge in [0.05, 0.1) is 12.2 Å². The number of halogens is 2. The van der Waals surface area contributed by atoms with Crippen molar-refractivity contribution in [2.24, 2.45) is 0 Å². The highest BCUT2D eigenvalue weighted by atomic mass is 35.5. The molecule has 0 saturated heterocycles. The molecule has 0 aromatic carbocycles. The minimum atomic E-state index is 0.378. The number of nitrogens with zero attached hydrogens (tertiary/aromatic N) is 2. The Morgan fingerprint density at radius 1 is 1.64 bits per heavy atom. The van der Waals surface area contributed by atoms with Gasteiger partial charge in [-0.25, -0.2) is 4.98 Å². The van der Waals surface area contributed by atoms with Crippen molar-refractivity contribution in [2.75, 3.05) is 5.75 Å². The van der Waals surface area contributed by atoms with Crippen molar-refractivity contribution in [3.8, 4) is 0 Å². The summed E-state index contributed by atoms with van der Waals surface area (Å²) in [7, 11) is 0. The fourth-order valence-corrected chi connectivity index (χ4v) is 1.57. The molecule has 11 heavy (non-hydrogen) atoms. The average molecular weight is 211 g/mol. The molecule has 0 radical (unpaired) electrons. The molecule has 0 aliphatic rings. The smallest absolute Gasteiger partial charge is 0.166 e. The Labute approximate surface area is 79.9 Å². The fourth-order valence-electron chi connectivity index (χ4n) is 0.622. The molecule has 1 aromatic rings. The van der Waals surface area contributed by atoms with Gasteiger partial charge in [-0.15, -0.1) is 11.8 Å². The van der Waals surface area contributed by atoms with Gasteiger partial charge in [-0.2, -0.15) is 0 Å². The van der Waals surface area contributed by atoms with E-state index in [1.54, 1.807) is 18.1 Å². The number of rotatable bonds is 3. The van der Waals surface area contributed by atoms with Gasteiger partial charge in [-0.3, -0.25) is 0 Å². The average Bonchev–Trinajstić information content (AvgIpc) is 2.31. The van der Waals surface area contributed by atoms with Crippen LogP contribution in [-0.4, -0.2) is 15.3 Å². The third kappa shape index (κ3) is 2.29. The maximum atomic E-state index is 5.80. The summed E-state index contributed by atoms with van der Waals surface area (Å²) in [5.74, 6) is 1.88. The number of hydrogen-bond acceptors (Lipinski definition) is 2. The SMILES string of the molecule is CCSCn1cnc(Cl)c1Cl. The molecule has 1 aromatic heterocycles. The molecule has 0 N–H and O–H groups in total. The largest absolute Gasteiger partial charge is 0.310 e. The molecule has 0 spiro atoms. The maximum absolute atomic E-state index is 5.80. The number of imidazole rings is 1. The summed E-state index contributed by atoms with van der Waals surface area (Å²) in [4.78, 5) is 3.85. The van der Waals surface area contributed by atoms with E-state index < -0.39 is 0 Å². The van der Waals surface area contributed by atoms with Crippen LogP contribution in [-0.2, 0) is 5.88 Å². The lowest BCUT2D eigenvalue weighted by Crippen LogP contribution is -1.91. The second-order valence-corrected chi connectivity index (χ2v) is 3.88. The van der Waals surface area contributed by atoms with E-state index in [-0.39, 0.29) is 0 Å². The third-order valence-corrected chi connectivity index (χ3v) is 2.81. The van der Waals surface area contributed by atoms with Crippen molar-refractivity contribution in [3.05, 3.63) is 16.6 Å². The summed E-state index contributed by atoms with van der Waals surface area (Å²) in [5, 5.41) is 0.899. The van der Waals surface area contributed by atoms with E-state index in [1.165, 1.54) is 0 Å². The second-order valence-electron chi connectivity index (χ2n) is 1.92. The van der Waals surface area contributed by atoms with Crippen LogP contribution in [0.4, 0.5) is 0 Å². The topological polar surface area (TPSA) is 17.8 Å². The number of hydrogen-bond donors (Lipinski definition) is 0. The summed E-state index contributed by atoms with van der Waals surface area (Å²) in [6.45, 7) is 2.09. The van der Waals surface area contributed by atoms with E-state index in [0.717, 1.165) is 11.6 Å². The first-order valence-corrected chi connectivity index (χ1v) is 5.10. The van der Waals surface area contributed by atoms with Crippen LogP contribution in [0.2, 0.25) is 10.3 Å². The number of aromatic nitrogens is 2. The Kier molecular flexibility index (Phi) is 3.55. The summed E-state index contributed by atoms with van der Waals surface area (Å²) in [6.07, 6.45) is 1.65. The van der Waals surface area contributed by atoms with Crippen molar-refractivity contribution in [1.82, 2.24) is 9.55 Å². The van der Waals surface area contributed by atoms with Gasteiger partial charge in [0.15, 0.2) is 5.15 Å². The lowest BCUT2D eigenvalue weighted by molar-refractivity contribution is 0.890. The molecule has 5 heteroatoms. The van der Waals surface area contributed by atoms with E-state index in [1.807, 2.05) is 4.57 Å². The van der Waals surface area contributed by atoms with Crippen molar-refractivity contribution in [1.29, 1.82) is 0 Å². The molecule has 0 atom stereocenters. The molecule has 62 valence electrons. The molecule has 0 aliphatic heterocycles. The van der Waals surface area contributed by atoms with Crippen LogP contribution in [0.15, 0.2) is 6.33 Å². The molecule has 0 aliphatic carbocycles. The van der Waals surface area contributed by atoms with Crippen LogP contribution in [0.3, 0.4) is 0 Å². The Morgan fingerprint density at radius 3 is 2.82 bits per heavy atom. The van der Waals surface area contributed by atoms with Gasteiger partial charge in [0.1, 0.15) is 5.15 Å². The van der Waals surface area contributed by atoms with Crippen molar-refractivity contribution >= 4 is 35.0 Å². The fraction of sp³-hybridized carbons (Fsp3) is 0.500. The van der Waals surface area contributed by atoms with E-state index in [4.69, 9.17) is 23.2 Å². The Hall–Kier alpha value is 0.140. The van der Waals surface area contributed by atoms with Gasteiger partial charge in [0, 0.05) is 0 Å². The molecule has 0 fully saturated rings. The van der Waals surface area contributed by atoms with Crippen molar-refractivity contribution in [3.63, 3.8) is 0 Å². The summed E-state index contributed by atoms with van der Waals surface area (Å²) < 4.78 is 1.82. The highest BCUT2D eigenvalue weighted by Crippen LogP contribution is 2.21. The molecular weight excluding hydrogens is 203 g/mol. The van der Waals surface area contributed by atoms with E-state index in [9.17, 15) is 0 Å². The minimum absolute atomic E-state index is 0.378. The van der Waals surface area contributed by atoms with Gasteiger partial charge < -0.3 is 4.57 Å². The zero-order chi connectivity index (χ0) is 8.27. The van der Waals surface area contributed by atoms with Gasteiger partial charge in [-0.05, 0) is 5.75 Å². The van der Waals surface area contributed by atoms with Crippen molar-refractivity contribution < 1.29 is 0 Å². The van der Waals surface area contributed by atoms with Crippen molar-refractivity contribution in [2.45, 2.75) is 12.8 Å². The van der Waals surface area contributed by atoms with Gasteiger partial charge in [0.2, 0.25) is 0 Å². The van der Waals surface area contributed by atoms with Gasteiger partial charge in [0.25, 0.3) is 0 Å². The summed E-state index contributed by atoms with van der Waals surface area (Å²) in [6, 6.07) is 0. The van der Waals surface area contributed by atoms with Gasteiger partial charge in [-0.1, -0.05) is 30.1 Å². The van der Waals surface area contributed by atoms with Gasteiger partial charge >= 0.3 is 0 Å². The zero-order valence-corrected chi connectivity index (χ0v) is 8.38. The summed E-state index contributed by atoms with van der Waals surface area (Å²) >= 11 is 13.2. The van der Waals surface area contributed by atoms with E-state index in [2.05, 4.69) is 11.9 Å². The Bertz CT molecular complexity index is 236. The van der Waals surface area contributed by atoms with Crippen LogP contribution in [0.5, 0.6) is 0 Å². The first-order valence-electron chi connectivity index (χ1n) is 3.19. The number of thioether (sulfide) groups is 1. The highest BCUT2D eigenvalue weighted by Gasteiger charge is 2.04. The molecule has 1 rings (SSSR count). The lowest BCUT2D eigenvalue weighted by Gasteiger charge is -2.00. The van der Waals surface area contributed by atoms with Crippen LogP contribution in [0, 0.1) is 0 Å². The predicted octanol–water partition coefficient (Wildman–Crippen LogP) is 2.90. The highest BCUT2D eigenvalue weighted by molar-refractivity contribution is 7.98. The van der Waals surface area contributed by atoms with Crippen LogP contribution >= 0.6 is 35.0 Å². The van der Waals surface area contributed by atoms with E-state index in [0.29, 0.717) is 10.3 Å². The zero-order valence-electron chi connectivity index (χ0n) is 6.05. The molecule has 0 unspecified atom stereocenters. The molecular formula is C6H8Cl2N2S. The maximum Gasteiger partial charge on any atom is 0.166 e. The molecule has 1 heterocycles. The quantitative estimate of drug-likeness (QED) is 0.764. The Balaban J connectivity index is 2.63. The Morgan fingerprint density at radius 2 is 2.36 bits per heavy atom. The second kappa shape index (κ2) is 4.24. The first-order chi connectivity index (χ1) is 5.25. The van der Waals surface area contributed by atoms with Crippen LogP contribution in [0.1, 0.15) is 6.92 Å². The molecule has 0 bridgehead atoms. The molecule has 2 nitrogen and oxygen atoms in total. The molecule has 0 saturated carbocycles. The minimum Gasteiger partial charge on any atom is -0.310 e. The van der Waals surface area contributed by atoms with Crippen LogP contribution < -0.4 is 0 Å². The van der Waals surface area contributed by atoms with Crippen LogP contribution in [0.25, 0.3) is 0 Å². The molecule has 0 amide bonds.